The highest BCUT2D eigenvalue weighted by molar-refractivity contribution is 6.32. The summed E-state index contributed by atoms with van der Waals surface area (Å²) in [5.41, 5.74) is 6.25. The fraction of sp³-hybridized carbons (Fsp3) is 0.250. The van der Waals surface area contributed by atoms with Gasteiger partial charge in [-0.2, -0.15) is 0 Å². The molecule has 8 heteroatoms. The zero-order valence-electron chi connectivity index (χ0n) is 15.3. The molecule has 0 amide bonds. The summed E-state index contributed by atoms with van der Waals surface area (Å²) in [5.74, 6) is -2.12. The highest BCUT2D eigenvalue weighted by atomic mass is 16.5. The molecular weight excluding hydrogens is 364 g/mol. The fourth-order valence-corrected chi connectivity index (χ4v) is 3.14. The molecule has 0 saturated heterocycles. The van der Waals surface area contributed by atoms with E-state index in [0.717, 1.165) is 0 Å². The van der Waals surface area contributed by atoms with Gasteiger partial charge >= 0.3 is 5.97 Å². The highest BCUT2D eigenvalue weighted by Gasteiger charge is 2.35. The van der Waals surface area contributed by atoms with Gasteiger partial charge in [0, 0.05) is 30.5 Å². The molecule has 0 heterocycles. The summed E-state index contributed by atoms with van der Waals surface area (Å²) in [6.45, 7) is 1.47. The lowest BCUT2D eigenvalue weighted by Crippen LogP contribution is -2.26. The Morgan fingerprint density at radius 1 is 1.07 bits per heavy atom. The number of carbonyl (C=O) groups excluding carboxylic acids is 2. The van der Waals surface area contributed by atoms with E-state index in [1.807, 2.05) is 0 Å². The summed E-state index contributed by atoms with van der Waals surface area (Å²) in [6, 6.07) is 7.69. The van der Waals surface area contributed by atoms with E-state index in [2.05, 4.69) is 5.32 Å². The minimum atomic E-state index is -1.28. The molecule has 0 fully saturated rings. The summed E-state index contributed by atoms with van der Waals surface area (Å²) in [5, 5.41) is 12.5. The number of nitrogens with two attached hydrogens (primary N) is 1. The van der Waals surface area contributed by atoms with Crippen LogP contribution in [0.5, 0.6) is 0 Å². The van der Waals surface area contributed by atoms with Crippen LogP contribution in [0.4, 0.5) is 11.4 Å². The standard InChI is InChI=1S/C20H20N2O6/c1-27-8-9-28-7-6-22-14-10-13(20(25)26)17(21)16-15(14)18(23)11-4-2-3-5-12(11)19(16)24/h2-5,10,22H,6-9,21H2,1H3,(H,25,26). The quantitative estimate of drug-likeness (QED) is 0.396. The van der Waals surface area contributed by atoms with E-state index in [-0.39, 0.29) is 45.0 Å². The van der Waals surface area contributed by atoms with E-state index in [0.29, 0.717) is 26.4 Å². The molecule has 0 aromatic heterocycles. The molecule has 2 aromatic carbocycles. The molecule has 146 valence electrons. The summed E-state index contributed by atoms with van der Waals surface area (Å²) >= 11 is 0. The molecule has 0 unspecified atom stereocenters. The van der Waals surface area contributed by atoms with Gasteiger partial charge in [0.25, 0.3) is 0 Å². The van der Waals surface area contributed by atoms with Crippen molar-refractivity contribution >= 4 is 28.9 Å². The Hall–Kier alpha value is -3.23. The summed E-state index contributed by atoms with van der Waals surface area (Å²) in [7, 11) is 1.57. The number of hydrogen-bond donors (Lipinski definition) is 3. The van der Waals surface area contributed by atoms with Gasteiger partial charge in [0.2, 0.25) is 0 Å². The van der Waals surface area contributed by atoms with Gasteiger partial charge < -0.3 is 25.6 Å². The third-order valence-electron chi connectivity index (χ3n) is 4.46. The van der Waals surface area contributed by atoms with Crippen LogP contribution in [0.25, 0.3) is 0 Å². The van der Waals surface area contributed by atoms with Crippen LogP contribution in [-0.2, 0) is 9.47 Å². The van der Waals surface area contributed by atoms with Crippen molar-refractivity contribution in [1.29, 1.82) is 0 Å². The van der Waals surface area contributed by atoms with Crippen molar-refractivity contribution in [3.8, 4) is 0 Å². The van der Waals surface area contributed by atoms with Gasteiger partial charge in [0.1, 0.15) is 0 Å². The number of nitrogen functional groups attached to an aromatic ring is 1. The van der Waals surface area contributed by atoms with E-state index >= 15 is 0 Å². The molecule has 28 heavy (non-hydrogen) atoms. The number of ketones is 2. The number of fused-ring (bicyclic) bond motifs is 2. The Morgan fingerprint density at radius 3 is 2.32 bits per heavy atom. The minimum absolute atomic E-state index is 0.0774. The molecule has 8 nitrogen and oxygen atoms in total. The van der Waals surface area contributed by atoms with Crippen molar-refractivity contribution in [2.75, 3.05) is 44.5 Å². The van der Waals surface area contributed by atoms with Crippen molar-refractivity contribution in [2.24, 2.45) is 0 Å². The van der Waals surface area contributed by atoms with Crippen LogP contribution in [0.2, 0.25) is 0 Å². The number of benzene rings is 2. The van der Waals surface area contributed by atoms with Crippen LogP contribution < -0.4 is 11.1 Å². The van der Waals surface area contributed by atoms with Gasteiger partial charge in [0.05, 0.1) is 42.2 Å². The Balaban J connectivity index is 2.01. The fourth-order valence-electron chi connectivity index (χ4n) is 3.14. The molecule has 0 bridgehead atoms. The van der Waals surface area contributed by atoms with Gasteiger partial charge in [-0.1, -0.05) is 24.3 Å². The number of carbonyl (C=O) groups is 3. The van der Waals surface area contributed by atoms with Crippen molar-refractivity contribution in [2.45, 2.75) is 0 Å². The van der Waals surface area contributed by atoms with Crippen molar-refractivity contribution < 1.29 is 29.0 Å². The predicted molar refractivity (Wildman–Crippen MR) is 102 cm³/mol. The number of ether oxygens (including phenoxy) is 2. The molecular formula is C20H20N2O6. The third-order valence-corrected chi connectivity index (χ3v) is 4.46. The molecule has 4 N–H and O–H groups in total. The van der Waals surface area contributed by atoms with Gasteiger partial charge in [0.15, 0.2) is 11.6 Å². The van der Waals surface area contributed by atoms with E-state index in [9.17, 15) is 19.5 Å². The molecule has 0 spiro atoms. The normalized spacial score (nSPS) is 12.5. The average Bonchev–Trinajstić information content (AvgIpc) is 2.69. The molecule has 3 rings (SSSR count). The van der Waals surface area contributed by atoms with Crippen molar-refractivity contribution in [1.82, 2.24) is 0 Å². The SMILES string of the molecule is COCCOCCNc1cc(C(=O)O)c(N)c2c1C(=O)c1ccccc1C2=O. The number of carboxylic acids is 1. The lowest BCUT2D eigenvalue weighted by Gasteiger charge is -2.23. The predicted octanol–water partition coefficient (Wildman–Crippen LogP) is 1.82. The lowest BCUT2D eigenvalue weighted by molar-refractivity contribution is 0.0697. The van der Waals surface area contributed by atoms with Gasteiger partial charge in [-0.05, 0) is 6.07 Å². The molecule has 0 radical (unpaired) electrons. The zero-order valence-corrected chi connectivity index (χ0v) is 15.3. The van der Waals surface area contributed by atoms with Gasteiger partial charge in [-0.15, -0.1) is 0 Å². The third kappa shape index (κ3) is 3.47. The van der Waals surface area contributed by atoms with Crippen molar-refractivity contribution in [3.05, 3.63) is 58.1 Å². The summed E-state index contributed by atoms with van der Waals surface area (Å²) in [4.78, 5) is 37.6. The maximum absolute atomic E-state index is 13.0. The second-order valence-electron chi connectivity index (χ2n) is 6.18. The smallest absolute Gasteiger partial charge is 0.337 e. The number of aromatic carboxylic acids is 1. The molecule has 0 aliphatic heterocycles. The zero-order chi connectivity index (χ0) is 20.3. The number of rotatable bonds is 8. The van der Waals surface area contributed by atoms with Gasteiger partial charge in [-0.3, -0.25) is 9.59 Å². The van der Waals surface area contributed by atoms with E-state index in [1.54, 1.807) is 25.3 Å². The van der Waals surface area contributed by atoms with Crippen LogP contribution in [0, 0.1) is 0 Å². The average molecular weight is 384 g/mol. The maximum atomic E-state index is 13.0. The summed E-state index contributed by atoms with van der Waals surface area (Å²) < 4.78 is 10.3. The number of hydrogen-bond acceptors (Lipinski definition) is 7. The first-order valence-corrected chi connectivity index (χ1v) is 8.66. The Kier molecular flexibility index (Phi) is 5.72. The number of carboxylic acid groups (broad SMARTS) is 1. The number of nitrogens with one attached hydrogen (secondary N) is 1. The minimum Gasteiger partial charge on any atom is -0.478 e. The first kappa shape index (κ1) is 19.5. The summed E-state index contributed by atoms with van der Waals surface area (Å²) in [6.07, 6.45) is 0. The van der Waals surface area contributed by atoms with Crippen LogP contribution in [0.3, 0.4) is 0 Å². The molecule has 0 saturated carbocycles. The second kappa shape index (κ2) is 8.20. The van der Waals surface area contributed by atoms with E-state index in [4.69, 9.17) is 15.2 Å². The monoisotopic (exact) mass is 384 g/mol. The van der Waals surface area contributed by atoms with E-state index in [1.165, 1.54) is 12.1 Å². The van der Waals surface area contributed by atoms with E-state index < -0.39 is 11.8 Å². The van der Waals surface area contributed by atoms with Crippen LogP contribution >= 0.6 is 0 Å². The first-order chi connectivity index (χ1) is 13.5. The Morgan fingerprint density at radius 2 is 1.71 bits per heavy atom. The number of anilines is 2. The largest absolute Gasteiger partial charge is 0.478 e. The Labute approximate surface area is 161 Å². The first-order valence-electron chi connectivity index (χ1n) is 8.66. The van der Waals surface area contributed by atoms with Crippen LogP contribution in [0.15, 0.2) is 30.3 Å². The number of methoxy groups -OCH3 is 1. The van der Waals surface area contributed by atoms with Crippen molar-refractivity contribution in [3.63, 3.8) is 0 Å². The Bertz CT molecular complexity index is 954. The highest BCUT2D eigenvalue weighted by Crippen LogP contribution is 2.37. The van der Waals surface area contributed by atoms with Gasteiger partial charge in [-0.25, -0.2) is 4.79 Å². The molecule has 1 aliphatic carbocycles. The second-order valence-corrected chi connectivity index (χ2v) is 6.18. The molecule has 1 aliphatic rings. The lowest BCUT2D eigenvalue weighted by atomic mass is 9.81. The maximum Gasteiger partial charge on any atom is 0.337 e. The van der Waals surface area contributed by atoms with Crippen LogP contribution in [0.1, 0.15) is 42.2 Å². The van der Waals surface area contributed by atoms with Crippen LogP contribution in [-0.4, -0.2) is 56.1 Å². The topological polar surface area (TPSA) is 128 Å². The molecule has 0 atom stereocenters. The molecule has 2 aromatic rings.